The Morgan fingerprint density at radius 3 is 2.44 bits per heavy atom. The molecule has 0 saturated carbocycles. The fraction of sp³-hybridized carbons (Fsp3) is 1.00. The molecule has 0 bridgehead atoms. The Balaban J connectivity index is 2.41. The average molecular weight is 132 g/mol. The van der Waals surface area contributed by atoms with Crippen molar-refractivity contribution in [3.8, 4) is 0 Å². The fourth-order valence-electron chi connectivity index (χ4n) is 1.46. The van der Waals surface area contributed by atoms with E-state index in [0.29, 0.717) is 6.54 Å². The summed E-state index contributed by atoms with van der Waals surface area (Å²) in [6, 6.07) is 0. The highest BCUT2D eigenvalue weighted by Crippen LogP contribution is 2.15. The first-order valence-corrected chi connectivity index (χ1v) is 3.56. The zero-order chi connectivity index (χ0) is 6.91. The number of likely N-dealkylation sites (tertiary alicyclic amines) is 1. The summed E-state index contributed by atoms with van der Waals surface area (Å²) < 4.78 is 13.5. The van der Waals surface area contributed by atoms with Crippen LogP contribution in [0.2, 0.25) is 0 Å². The van der Waals surface area contributed by atoms with Gasteiger partial charge in [-0.05, 0) is 12.8 Å². The molecule has 9 heavy (non-hydrogen) atoms. The first-order chi connectivity index (χ1) is 4.10. The predicted octanol–water partition coefficient (Wildman–Crippen LogP) is 1.19. The third-order valence-electron chi connectivity index (χ3n) is 1.97. The molecule has 1 aliphatic rings. The van der Waals surface area contributed by atoms with Crippen molar-refractivity contribution < 1.29 is 8.87 Å². The summed E-state index contributed by atoms with van der Waals surface area (Å²) >= 11 is 0. The lowest BCUT2D eigenvalue weighted by atomic mass is 10.1. The highest BCUT2D eigenvalue weighted by molar-refractivity contribution is 4.59. The van der Waals surface area contributed by atoms with E-state index in [9.17, 15) is 4.39 Å². The van der Waals surface area contributed by atoms with Crippen molar-refractivity contribution in [1.82, 2.24) is 0 Å². The van der Waals surface area contributed by atoms with Crippen LogP contribution in [0.15, 0.2) is 0 Å². The van der Waals surface area contributed by atoms with Gasteiger partial charge in [0.05, 0.1) is 20.6 Å². The average Bonchev–Trinajstić information content (AvgIpc) is 1.60. The van der Waals surface area contributed by atoms with Gasteiger partial charge >= 0.3 is 0 Å². The van der Waals surface area contributed by atoms with E-state index in [1.54, 1.807) is 0 Å². The quantitative estimate of drug-likeness (QED) is 0.434. The molecule has 0 N–H and O–H groups in total. The number of piperidine rings is 1. The second-order valence-corrected chi connectivity index (χ2v) is 3.58. The highest BCUT2D eigenvalue weighted by atomic mass is 19.1. The van der Waals surface area contributed by atoms with Gasteiger partial charge in [0.15, 0.2) is 0 Å². The van der Waals surface area contributed by atoms with Crippen molar-refractivity contribution in [2.24, 2.45) is 0 Å². The summed E-state index contributed by atoms with van der Waals surface area (Å²) in [4.78, 5) is 0. The van der Waals surface area contributed by atoms with E-state index in [1.165, 1.54) is 0 Å². The second kappa shape index (κ2) is 2.25. The van der Waals surface area contributed by atoms with Crippen molar-refractivity contribution >= 4 is 0 Å². The van der Waals surface area contributed by atoms with Gasteiger partial charge in [-0.1, -0.05) is 0 Å². The molecular formula is C7H15FN+. The van der Waals surface area contributed by atoms with Crippen LogP contribution >= 0.6 is 0 Å². The molecule has 0 unspecified atom stereocenters. The van der Waals surface area contributed by atoms with Crippen LogP contribution in [0.25, 0.3) is 0 Å². The van der Waals surface area contributed by atoms with Crippen LogP contribution in [-0.4, -0.2) is 37.8 Å². The van der Waals surface area contributed by atoms with Crippen molar-refractivity contribution in [2.75, 3.05) is 27.2 Å². The number of rotatable bonds is 0. The minimum atomic E-state index is -0.547. The van der Waals surface area contributed by atoms with Gasteiger partial charge < -0.3 is 4.48 Å². The zero-order valence-electron chi connectivity index (χ0n) is 6.23. The summed E-state index contributed by atoms with van der Waals surface area (Å²) in [6.07, 6.45) is 1.28. The molecule has 54 valence electrons. The minimum Gasteiger partial charge on any atom is -0.326 e. The fourth-order valence-corrected chi connectivity index (χ4v) is 1.46. The molecule has 1 atom stereocenters. The molecular weight excluding hydrogens is 117 g/mol. The molecule has 0 aromatic carbocycles. The van der Waals surface area contributed by atoms with Gasteiger partial charge in [0.25, 0.3) is 0 Å². The molecule has 0 aromatic rings. The van der Waals surface area contributed by atoms with E-state index in [4.69, 9.17) is 0 Å². The number of halogens is 1. The predicted molar refractivity (Wildman–Crippen MR) is 36.0 cm³/mol. The molecule has 0 aliphatic carbocycles. The summed E-state index contributed by atoms with van der Waals surface area (Å²) in [5, 5.41) is 0. The van der Waals surface area contributed by atoms with Crippen LogP contribution in [-0.2, 0) is 0 Å². The van der Waals surface area contributed by atoms with Crippen molar-refractivity contribution in [2.45, 2.75) is 19.0 Å². The lowest BCUT2D eigenvalue weighted by Gasteiger charge is -2.34. The zero-order valence-corrected chi connectivity index (χ0v) is 6.23. The standard InChI is InChI=1S/C7H15FN/c1-9(2)5-3-4-7(8)6-9/h7H,3-6H2,1-2H3/q+1/t7-/m0/s1. The Bertz CT molecular complexity index is 101. The Hall–Kier alpha value is -0.110. The third kappa shape index (κ3) is 1.94. The van der Waals surface area contributed by atoms with Gasteiger partial charge in [0.2, 0.25) is 0 Å². The molecule has 0 amide bonds. The molecule has 1 rings (SSSR count). The molecule has 1 nitrogen and oxygen atoms in total. The Labute approximate surface area is 56.1 Å². The summed E-state index contributed by atoms with van der Waals surface area (Å²) in [5.41, 5.74) is 0. The summed E-state index contributed by atoms with van der Waals surface area (Å²) in [5.74, 6) is 0. The van der Waals surface area contributed by atoms with Gasteiger partial charge in [-0.3, -0.25) is 0 Å². The van der Waals surface area contributed by atoms with Crippen molar-refractivity contribution in [3.63, 3.8) is 0 Å². The largest absolute Gasteiger partial charge is 0.326 e. The lowest BCUT2D eigenvalue weighted by Crippen LogP contribution is -2.48. The number of quaternary nitrogens is 1. The van der Waals surface area contributed by atoms with Crippen LogP contribution in [0.4, 0.5) is 4.39 Å². The SMILES string of the molecule is C[N+]1(C)CCC[C@H](F)C1. The van der Waals surface area contributed by atoms with E-state index < -0.39 is 6.17 Å². The maximum atomic E-state index is 12.7. The number of hydrogen-bond donors (Lipinski definition) is 0. The number of alkyl halides is 1. The molecule has 1 fully saturated rings. The maximum Gasteiger partial charge on any atom is 0.149 e. The lowest BCUT2D eigenvalue weighted by molar-refractivity contribution is -0.897. The van der Waals surface area contributed by atoms with Crippen LogP contribution < -0.4 is 0 Å². The molecule has 2 heteroatoms. The number of hydrogen-bond acceptors (Lipinski definition) is 0. The van der Waals surface area contributed by atoms with Gasteiger partial charge in [-0.25, -0.2) is 4.39 Å². The Kier molecular flexibility index (Phi) is 1.75. The molecule has 1 saturated heterocycles. The molecule has 0 radical (unpaired) electrons. The molecule has 0 aromatic heterocycles. The van der Waals surface area contributed by atoms with Gasteiger partial charge in [0, 0.05) is 0 Å². The minimum absolute atomic E-state index is 0.547. The highest BCUT2D eigenvalue weighted by Gasteiger charge is 2.26. The molecule has 1 aliphatic heterocycles. The van der Waals surface area contributed by atoms with Crippen LogP contribution in [0.1, 0.15) is 12.8 Å². The van der Waals surface area contributed by atoms with Crippen LogP contribution in [0.5, 0.6) is 0 Å². The van der Waals surface area contributed by atoms with E-state index in [-0.39, 0.29) is 0 Å². The van der Waals surface area contributed by atoms with Crippen molar-refractivity contribution in [3.05, 3.63) is 0 Å². The number of nitrogens with zero attached hydrogens (tertiary/aromatic N) is 1. The second-order valence-electron chi connectivity index (χ2n) is 3.58. The Morgan fingerprint density at radius 1 is 1.44 bits per heavy atom. The summed E-state index contributed by atoms with van der Waals surface area (Å²) in [7, 11) is 4.18. The van der Waals surface area contributed by atoms with Gasteiger partial charge in [-0.2, -0.15) is 0 Å². The van der Waals surface area contributed by atoms with E-state index in [0.717, 1.165) is 23.9 Å². The molecule has 1 heterocycles. The topological polar surface area (TPSA) is 0 Å². The van der Waals surface area contributed by atoms with Crippen LogP contribution in [0.3, 0.4) is 0 Å². The first-order valence-electron chi connectivity index (χ1n) is 3.56. The van der Waals surface area contributed by atoms with Crippen molar-refractivity contribution in [1.29, 1.82) is 0 Å². The van der Waals surface area contributed by atoms with Crippen LogP contribution in [0, 0.1) is 0 Å². The smallest absolute Gasteiger partial charge is 0.149 e. The van der Waals surface area contributed by atoms with Gasteiger partial charge in [0.1, 0.15) is 12.7 Å². The van der Waals surface area contributed by atoms with E-state index in [2.05, 4.69) is 14.1 Å². The molecule has 0 spiro atoms. The Morgan fingerprint density at radius 2 is 2.11 bits per heavy atom. The summed E-state index contributed by atoms with van der Waals surface area (Å²) in [6.45, 7) is 1.85. The maximum absolute atomic E-state index is 12.7. The monoisotopic (exact) mass is 132 g/mol. The third-order valence-corrected chi connectivity index (χ3v) is 1.97. The van der Waals surface area contributed by atoms with Gasteiger partial charge in [-0.15, -0.1) is 0 Å². The van der Waals surface area contributed by atoms with E-state index in [1.807, 2.05) is 0 Å². The normalized spacial score (nSPS) is 34.3. The van der Waals surface area contributed by atoms with E-state index >= 15 is 0 Å². The first kappa shape index (κ1) is 7.00.